The van der Waals surface area contributed by atoms with Gasteiger partial charge < -0.3 is 14.6 Å². The van der Waals surface area contributed by atoms with Crippen molar-refractivity contribution < 1.29 is 32.1 Å². The van der Waals surface area contributed by atoms with Crippen molar-refractivity contribution in [2.45, 2.75) is 19.2 Å². The highest BCUT2D eigenvalue weighted by molar-refractivity contribution is 5.33. The van der Waals surface area contributed by atoms with Gasteiger partial charge in [0.2, 0.25) is 0 Å². The van der Waals surface area contributed by atoms with Crippen molar-refractivity contribution >= 4 is 0 Å². The molecule has 1 aromatic carbocycles. The van der Waals surface area contributed by atoms with E-state index in [-0.39, 0.29) is 31.8 Å². The van der Waals surface area contributed by atoms with Gasteiger partial charge in [0.15, 0.2) is 0 Å². The maximum atomic E-state index is 12.8. The molecule has 0 spiro atoms. The van der Waals surface area contributed by atoms with Gasteiger partial charge in [0.1, 0.15) is 18.2 Å². The zero-order chi connectivity index (χ0) is 14.3. The van der Waals surface area contributed by atoms with Crippen LogP contribution in [0.4, 0.5) is 17.6 Å². The minimum atomic E-state index is -4.33. The molecule has 0 atom stereocenters. The molecule has 0 aliphatic heterocycles. The number of alkyl halides is 3. The van der Waals surface area contributed by atoms with Crippen LogP contribution in [0.15, 0.2) is 18.2 Å². The molecule has 19 heavy (non-hydrogen) atoms. The Balaban J connectivity index is 2.26. The average Bonchev–Trinajstić information content (AvgIpc) is 2.33. The molecule has 1 N–H and O–H groups in total. The maximum absolute atomic E-state index is 12.8. The van der Waals surface area contributed by atoms with Crippen molar-refractivity contribution in [2.75, 3.05) is 19.8 Å². The quantitative estimate of drug-likeness (QED) is 0.617. The zero-order valence-corrected chi connectivity index (χ0v) is 10.0. The molecule has 0 saturated carbocycles. The molecule has 7 heteroatoms. The molecule has 0 heterocycles. The Bertz CT molecular complexity index is 393. The minimum absolute atomic E-state index is 0.0881. The van der Waals surface area contributed by atoms with Gasteiger partial charge in [-0.3, -0.25) is 0 Å². The number of aliphatic hydroxyl groups is 1. The van der Waals surface area contributed by atoms with E-state index in [2.05, 4.69) is 4.74 Å². The fraction of sp³-hybridized carbons (Fsp3) is 0.500. The van der Waals surface area contributed by atoms with Crippen LogP contribution in [0.5, 0.6) is 5.75 Å². The molecule has 0 aromatic heterocycles. The van der Waals surface area contributed by atoms with Crippen LogP contribution in [-0.4, -0.2) is 31.1 Å². The van der Waals surface area contributed by atoms with Crippen LogP contribution in [0.3, 0.4) is 0 Å². The van der Waals surface area contributed by atoms with Gasteiger partial charge in [-0.15, -0.1) is 0 Å². The van der Waals surface area contributed by atoms with Crippen molar-refractivity contribution in [1.82, 2.24) is 0 Å². The van der Waals surface area contributed by atoms with E-state index in [9.17, 15) is 17.6 Å². The van der Waals surface area contributed by atoms with E-state index in [1.807, 2.05) is 0 Å². The number of halogens is 4. The second kappa shape index (κ2) is 7.30. The van der Waals surface area contributed by atoms with Crippen LogP contribution in [0.1, 0.15) is 12.0 Å². The zero-order valence-electron chi connectivity index (χ0n) is 10.0. The standard InChI is InChI=1S/C12H14F4O3/c13-10-2-3-11(9(6-10)7-17)19-5-1-4-18-8-12(14,15)16/h2-3,6,17H,1,4-5,7-8H2. The topological polar surface area (TPSA) is 38.7 Å². The largest absolute Gasteiger partial charge is 0.493 e. The van der Waals surface area contributed by atoms with Gasteiger partial charge in [-0.05, 0) is 18.2 Å². The smallest absolute Gasteiger partial charge is 0.411 e. The molecule has 0 bridgehead atoms. The fourth-order valence-corrected chi connectivity index (χ4v) is 1.34. The third-order valence-electron chi connectivity index (χ3n) is 2.15. The predicted octanol–water partition coefficient (Wildman–Crippen LogP) is 2.67. The van der Waals surface area contributed by atoms with Crippen LogP contribution < -0.4 is 4.74 Å². The lowest BCUT2D eigenvalue weighted by Gasteiger charge is -2.11. The summed E-state index contributed by atoms with van der Waals surface area (Å²) in [6, 6.07) is 3.67. The highest BCUT2D eigenvalue weighted by Gasteiger charge is 2.27. The number of rotatable bonds is 7. The monoisotopic (exact) mass is 282 g/mol. The number of ether oxygens (including phenoxy) is 2. The van der Waals surface area contributed by atoms with Crippen molar-refractivity contribution in [1.29, 1.82) is 0 Å². The van der Waals surface area contributed by atoms with Gasteiger partial charge in [-0.25, -0.2) is 4.39 Å². The first kappa shape index (κ1) is 15.7. The van der Waals surface area contributed by atoms with E-state index in [1.54, 1.807) is 0 Å². The highest BCUT2D eigenvalue weighted by atomic mass is 19.4. The molecule has 1 aromatic rings. The van der Waals surface area contributed by atoms with Crippen molar-refractivity contribution in [3.05, 3.63) is 29.6 Å². The average molecular weight is 282 g/mol. The maximum Gasteiger partial charge on any atom is 0.411 e. The summed E-state index contributed by atoms with van der Waals surface area (Å²) in [5.74, 6) is -0.190. The Morgan fingerprint density at radius 2 is 1.89 bits per heavy atom. The second-order valence-electron chi connectivity index (χ2n) is 3.78. The van der Waals surface area contributed by atoms with Gasteiger partial charge >= 0.3 is 6.18 Å². The molecule has 0 amide bonds. The van der Waals surface area contributed by atoms with E-state index in [4.69, 9.17) is 9.84 Å². The van der Waals surface area contributed by atoms with Crippen LogP contribution >= 0.6 is 0 Å². The molecule has 0 saturated heterocycles. The van der Waals surface area contributed by atoms with Gasteiger partial charge in [-0.1, -0.05) is 0 Å². The van der Waals surface area contributed by atoms with Crippen LogP contribution in [0.2, 0.25) is 0 Å². The summed E-state index contributed by atoms with van der Waals surface area (Å²) in [5.41, 5.74) is 0.288. The molecular weight excluding hydrogens is 268 g/mol. The Labute approximate surface area is 107 Å². The van der Waals surface area contributed by atoms with Crippen molar-refractivity contribution in [3.63, 3.8) is 0 Å². The van der Waals surface area contributed by atoms with Gasteiger partial charge in [-0.2, -0.15) is 13.2 Å². The van der Waals surface area contributed by atoms with E-state index in [0.29, 0.717) is 5.75 Å². The van der Waals surface area contributed by atoms with E-state index in [1.165, 1.54) is 12.1 Å². The van der Waals surface area contributed by atoms with E-state index < -0.39 is 18.6 Å². The fourth-order valence-electron chi connectivity index (χ4n) is 1.34. The lowest BCUT2D eigenvalue weighted by Crippen LogP contribution is -2.18. The van der Waals surface area contributed by atoms with Gasteiger partial charge in [0, 0.05) is 12.0 Å². The molecule has 0 aliphatic carbocycles. The number of aliphatic hydroxyl groups excluding tert-OH is 1. The second-order valence-corrected chi connectivity index (χ2v) is 3.78. The van der Waals surface area contributed by atoms with Crippen LogP contribution in [-0.2, 0) is 11.3 Å². The third kappa shape index (κ3) is 6.40. The summed E-state index contributed by atoms with van der Waals surface area (Å²) in [5, 5.41) is 8.98. The molecule has 0 radical (unpaired) electrons. The lowest BCUT2D eigenvalue weighted by molar-refractivity contribution is -0.174. The van der Waals surface area contributed by atoms with Crippen molar-refractivity contribution in [2.24, 2.45) is 0 Å². The van der Waals surface area contributed by atoms with Gasteiger partial charge in [0.25, 0.3) is 0 Å². The Kier molecular flexibility index (Phi) is 6.04. The molecule has 0 fully saturated rings. The summed E-state index contributed by atoms with van der Waals surface area (Å²) in [6.07, 6.45) is -4.07. The van der Waals surface area contributed by atoms with E-state index >= 15 is 0 Å². The summed E-state index contributed by atoms with van der Waals surface area (Å²) in [4.78, 5) is 0. The summed E-state index contributed by atoms with van der Waals surface area (Å²) in [7, 11) is 0. The first-order valence-corrected chi connectivity index (χ1v) is 5.59. The normalized spacial score (nSPS) is 11.6. The first-order chi connectivity index (χ1) is 8.92. The number of benzene rings is 1. The summed E-state index contributed by atoms with van der Waals surface area (Å²) < 4.78 is 57.7. The first-order valence-electron chi connectivity index (χ1n) is 5.59. The highest BCUT2D eigenvalue weighted by Crippen LogP contribution is 2.20. The molecule has 3 nitrogen and oxygen atoms in total. The van der Waals surface area contributed by atoms with Crippen molar-refractivity contribution in [3.8, 4) is 5.75 Å². The third-order valence-corrected chi connectivity index (χ3v) is 2.15. The SMILES string of the molecule is OCc1cc(F)ccc1OCCCOCC(F)(F)F. The molecule has 0 aliphatic rings. The molecule has 0 unspecified atom stereocenters. The summed E-state index contributed by atoms with van der Waals surface area (Å²) in [6.45, 7) is -1.63. The predicted molar refractivity (Wildman–Crippen MR) is 59.3 cm³/mol. The number of hydrogen-bond donors (Lipinski definition) is 1. The Hall–Kier alpha value is -1.34. The van der Waals surface area contributed by atoms with Gasteiger partial charge in [0.05, 0.1) is 19.8 Å². The summed E-state index contributed by atoms with van der Waals surface area (Å²) >= 11 is 0. The lowest BCUT2D eigenvalue weighted by atomic mass is 10.2. The molecular formula is C12H14F4O3. The minimum Gasteiger partial charge on any atom is -0.493 e. The Morgan fingerprint density at radius 1 is 1.16 bits per heavy atom. The van der Waals surface area contributed by atoms with Crippen LogP contribution in [0.25, 0.3) is 0 Å². The molecule has 108 valence electrons. The molecule has 1 rings (SSSR count). The van der Waals surface area contributed by atoms with Crippen LogP contribution in [0, 0.1) is 5.82 Å². The van der Waals surface area contributed by atoms with E-state index in [0.717, 1.165) is 6.07 Å². The number of hydrogen-bond acceptors (Lipinski definition) is 3. The Morgan fingerprint density at radius 3 is 2.53 bits per heavy atom.